The summed E-state index contributed by atoms with van der Waals surface area (Å²) in [6.45, 7) is 15.6. The van der Waals surface area contributed by atoms with Crippen molar-refractivity contribution < 1.29 is 106 Å². The fraction of sp³-hybridized carbons (Fsp3) is 0.494. The molecule has 0 aliphatic carbocycles. The van der Waals surface area contributed by atoms with Crippen LogP contribution < -0.4 is 52.7 Å². The number of methoxy groups -OCH3 is 4. The first-order valence-corrected chi connectivity index (χ1v) is 41.0. The number of aryl methyl sites for hydroxylation is 2. The number of fused-ring (bicyclic) bond motifs is 18. The van der Waals surface area contributed by atoms with Crippen LogP contribution in [-0.2, 0) is 70.1 Å². The molecule has 14 heterocycles. The van der Waals surface area contributed by atoms with Crippen molar-refractivity contribution in [2.75, 3.05) is 93.9 Å². The number of esters is 4. The Kier molecular flexibility index (Phi) is 19.6. The molecule has 4 saturated heterocycles. The second kappa shape index (κ2) is 29.0. The van der Waals surface area contributed by atoms with Gasteiger partial charge in [0, 0.05) is 95.0 Å². The van der Waals surface area contributed by atoms with Crippen molar-refractivity contribution in [3.05, 3.63) is 125 Å². The van der Waals surface area contributed by atoms with E-state index in [2.05, 4.69) is 22.4 Å². The maximum Gasteiger partial charge on any atom is 0.411 e. The Bertz CT molecular complexity index is 5350. The lowest BCUT2D eigenvalue weighted by atomic mass is 9.71. The number of ether oxygens (including phenoxy) is 13. The molecule has 14 aliphatic heterocycles. The molecule has 14 atom stereocenters. The smallest absolute Gasteiger partial charge is 0.411 e. The summed E-state index contributed by atoms with van der Waals surface area (Å²) in [5, 5.41) is 70.8. The van der Waals surface area contributed by atoms with Gasteiger partial charge >= 0.3 is 30.0 Å². The molecule has 616 valence electrons. The minimum atomic E-state index is -1.43. The molecule has 5 N–H and O–H groups in total. The van der Waals surface area contributed by atoms with Crippen molar-refractivity contribution in [2.24, 2.45) is 0 Å². The molecule has 6 aromatic carbocycles. The van der Waals surface area contributed by atoms with E-state index in [1.165, 1.54) is 65.8 Å². The average molecular weight is 1640 g/mol. The zero-order valence-corrected chi connectivity index (χ0v) is 69.1. The molecule has 20 rings (SSSR count). The van der Waals surface area contributed by atoms with E-state index < -0.39 is 112 Å². The first kappa shape index (κ1) is 79.0. The van der Waals surface area contributed by atoms with Gasteiger partial charge in [-0.1, -0.05) is 12.1 Å². The minimum Gasteiger partial charge on any atom is -0.504 e. The van der Waals surface area contributed by atoms with Gasteiger partial charge in [-0.25, -0.2) is 14.4 Å². The normalized spacial score (nSPS) is 28.0. The highest BCUT2D eigenvalue weighted by Crippen LogP contribution is 2.68. The maximum atomic E-state index is 15.1. The van der Waals surface area contributed by atoms with Crippen LogP contribution in [0.1, 0.15) is 158 Å². The second-order valence-electron chi connectivity index (χ2n) is 32.9. The number of piperazine rings is 2. The number of phenolic OH excluding ortho intramolecular Hbond substituents is 4. The molecule has 117 heavy (non-hydrogen) atoms. The first-order chi connectivity index (χ1) is 55.9. The Morgan fingerprint density at radius 3 is 1.47 bits per heavy atom. The maximum absolute atomic E-state index is 15.1. The van der Waals surface area contributed by atoms with Crippen molar-refractivity contribution in [1.82, 2.24) is 29.8 Å². The van der Waals surface area contributed by atoms with E-state index >= 15 is 4.79 Å². The number of nitrogens with one attached hydrogen (secondary N) is 1. The molecule has 0 aromatic heterocycles. The van der Waals surface area contributed by atoms with Gasteiger partial charge in [-0.15, -0.1) is 23.5 Å². The molecule has 32 heteroatoms. The highest BCUT2D eigenvalue weighted by molar-refractivity contribution is 7.99. The summed E-state index contributed by atoms with van der Waals surface area (Å²) in [6, 6.07) is 8.34. The van der Waals surface area contributed by atoms with E-state index in [-0.39, 0.29) is 96.8 Å². The van der Waals surface area contributed by atoms with E-state index in [0.717, 1.165) is 27.8 Å². The van der Waals surface area contributed by atoms with Crippen LogP contribution in [-0.4, -0.2) is 211 Å². The molecule has 6 aromatic rings. The van der Waals surface area contributed by atoms with Crippen LogP contribution in [0, 0.1) is 50.4 Å². The SMILES string of the molecule is COc1cc2c(cc1O)CCN(C)[C@]21CS[C@@H]2c3c(OC(C)=O)c(C)c4c(c3[C@H](COC1=O)N1C2[C@@H]2N[C@@H](Cc3cc(C)c(OC)c(O)c32)[C@@H]1C#N)OCO4.COc1cc2c(cc1O)CCN(C)[C@]21CS[C@@H]2c3c(OC(C)=O)c(C)c4c(c3[C@H](COC1=O)N1C2[C@H]2c3c(cc(C)c(OC)c3O)C[C@@H]([C@@H]1C#N)N2C(=O)OC(C)(C)C)OCO4. The zero-order valence-electron chi connectivity index (χ0n) is 67.5. The van der Waals surface area contributed by atoms with Gasteiger partial charge in [0.1, 0.15) is 42.4 Å². The van der Waals surface area contributed by atoms with Crippen LogP contribution in [0.2, 0.25) is 0 Å². The number of carbonyl (C=O) groups is 5. The van der Waals surface area contributed by atoms with E-state index in [1.54, 1.807) is 56.9 Å². The Balaban J connectivity index is 0.000000169. The van der Waals surface area contributed by atoms with Crippen LogP contribution in [0.15, 0.2) is 36.4 Å². The molecule has 2 unspecified atom stereocenters. The van der Waals surface area contributed by atoms with Gasteiger partial charge in [0.25, 0.3) is 0 Å². The van der Waals surface area contributed by atoms with Crippen LogP contribution in [0.5, 0.6) is 80.5 Å². The summed E-state index contributed by atoms with van der Waals surface area (Å²) in [5.41, 5.74) is 6.89. The number of nitrogens with zero attached hydrogens (tertiary/aromatic N) is 7. The summed E-state index contributed by atoms with van der Waals surface area (Å²) in [6.07, 6.45) is 1.09. The van der Waals surface area contributed by atoms with Crippen molar-refractivity contribution in [3.8, 4) is 92.6 Å². The topological polar surface area (TPSA) is 362 Å². The van der Waals surface area contributed by atoms with Crippen LogP contribution >= 0.6 is 23.5 Å². The monoisotopic (exact) mass is 1640 g/mol. The fourth-order valence-corrected chi connectivity index (χ4v) is 24.5. The third kappa shape index (κ3) is 11.7. The summed E-state index contributed by atoms with van der Waals surface area (Å²) < 4.78 is 78.7. The molecule has 14 aliphatic rings. The van der Waals surface area contributed by atoms with Crippen molar-refractivity contribution >= 4 is 53.5 Å². The quantitative estimate of drug-likeness (QED) is 0.0588. The van der Waals surface area contributed by atoms with Crippen LogP contribution in [0.4, 0.5) is 4.79 Å². The lowest BCUT2D eigenvalue weighted by molar-refractivity contribution is -0.163. The molecular weight excluding hydrogens is 1550 g/mol. The number of benzene rings is 6. The molecule has 0 saturated carbocycles. The number of phenols is 4. The molecule has 30 nitrogen and oxygen atoms in total. The number of aromatic hydroxyl groups is 4. The standard InChI is InChI=1S/C45H50N4O12S.C40H42N4O10S/c1-20-12-24-13-26-27(16-46)48-28-17-57-42(53)45(25-15-30(55-8)29(51)14-23(25)10-11-47(45)7)18-62-41(33-32(28)40-39(58-19-59-40)21(2)38(33)60-22(3)50)35(48)34(31(24)36(52)37(20)56-9)49(26)43(54)61-44(4,5)6;1-17-9-21-10-23-24(13-41)44-25-14-51-39(48)40(22-12-27(49-5)26(46)11-20(22)7-8-43(40)4)15-55-38(32(44)31(42-23)28(21)33(47)34(17)50-6)30-29(25)37-36(52-16-53-37)18(2)35(30)54-19(3)45/h12,14-15,26-28,34-35,41,51-52H,10-11,13,17-19H2,1-9H3;9,11-12,23-25,31-32,38,42,46-47H,7-8,10,14-16H2,1-6H3/t26-,27-,28-,34+,35?,41+,45+;23-,24-,25-,31+,32?,38+,40+/m00/s1. The highest BCUT2D eigenvalue weighted by Gasteiger charge is 2.66. The third-order valence-electron chi connectivity index (χ3n) is 25.7. The van der Waals surface area contributed by atoms with Crippen molar-refractivity contribution in [3.63, 3.8) is 0 Å². The number of hydrogen-bond acceptors (Lipinski definition) is 31. The lowest BCUT2D eigenvalue weighted by Gasteiger charge is -2.62. The van der Waals surface area contributed by atoms with Crippen LogP contribution in [0.25, 0.3) is 0 Å². The Morgan fingerprint density at radius 2 is 1.02 bits per heavy atom. The third-order valence-corrected chi connectivity index (χ3v) is 28.6. The first-order valence-electron chi connectivity index (χ1n) is 38.9. The second-order valence-corrected chi connectivity index (χ2v) is 35.1. The molecule has 8 bridgehead atoms. The van der Waals surface area contributed by atoms with E-state index in [4.69, 9.17) is 61.6 Å². The van der Waals surface area contributed by atoms with Crippen molar-refractivity contribution in [2.45, 2.75) is 176 Å². The molecular formula is C85H92N8O22S2. The van der Waals surface area contributed by atoms with E-state index in [9.17, 15) is 50.1 Å². The van der Waals surface area contributed by atoms with Gasteiger partial charge in [-0.3, -0.25) is 34.1 Å². The van der Waals surface area contributed by atoms with Crippen molar-refractivity contribution in [1.29, 1.82) is 10.5 Å². The summed E-state index contributed by atoms with van der Waals surface area (Å²) in [7, 11) is 9.66. The molecule has 1 amide bonds. The number of carbonyl (C=O) groups excluding carboxylic acids is 5. The molecule has 4 fully saturated rings. The molecule has 0 radical (unpaired) electrons. The predicted octanol–water partition coefficient (Wildman–Crippen LogP) is 9.62. The Morgan fingerprint density at radius 1 is 0.564 bits per heavy atom. The largest absolute Gasteiger partial charge is 0.504 e. The number of likely N-dealkylation sites (N-methyl/N-ethyl adjacent to an activating group) is 2. The fourth-order valence-electron chi connectivity index (χ4n) is 20.9. The van der Waals surface area contributed by atoms with E-state index in [0.29, 0.717) is 128 Å². The number of thioether (sulfide) groups is 2. The number of nitriles is 2. The summed E-state index contributed by atoms with van der Waals surface area (Å²) in [4.78, 5) is 80.7. The van der Waals surface area contributed by atoms with Gasteiger partial charge in [-0.05, 0) is 157 Å². The summed E-state index contributed by atoms with van der Waals surface area (Å²) in [5.74, 6) is 1.12. The summed E-state index contributed by atoms with van der Waals surface area (Å²) >= 11 is 2.87. The van der Waals surface area contributed by atoms with Gasteiger partial charge in [0.2, 0.25) is 13.6 Å². The van der Waals surface area contributed by atoms with Gasteiger partial charge in [0.15, 0.2) is 80.1 Å². The lowest BCUT2D eigenvalue weighted by Crippen LogP contribution is -2.71. The zero-order chi connectivity index (χ0) is 83.0. The van der Waals surface area contributed by atoms with Gasteiger partial charge in [0.05, 0.1) is 87.3 Å². The number of hydrogen-bond donors (Lipinski definition) is 5. The Labute approximate surface area is 683 Å². The van der Waals surface area contributed by atoms with Gasteiger partial charge < -0.3 is 87.3 Å². The Hall–Kier alpha value is -10.4. The molecule has 2 spiro atoms. The average Bonchev–Trinajstić information content (AvgIpc) is 1.67. The highest BCUT2D eigenvalue weighted by atomic mass is 32.2. The minimum absolute atomic E-state index is 0.0187. The predicted molar refractivity (Wildman–Crippen MR) is 421 cm³/mol. The van der Waals surface area contributed by atoms with E-state index in [1.807, 2.05) is 61.7 Å². The number of rotatable bonds is 6. The number of amides is 1. The van der Waals surface area contributed by atoms with Gasteiger partial charge in [-0.2, -0.15) is 10.5 Å². The van der Waals surface area contributed by atoms with Crippen LogP contribution in [0.3, 0.4) is 0 Å².